The van der Waals surface area contributed by atoms with Crippen LogP contribution in [0.1, 0.15) is 38.5 Å². The van der Waals surface area contributed by atoms with Crippen molar-refractivity contribution in [2.24, 2.45) is 5.92 Å². The zero-order chi connectivity index (χ0) is 11.4. The fourth-order valence-corrected chi connectivity index (χ4v) is 3.70. The Morgan fingerprint density at radius 2 is 1.94 bits per heavy atom. The fraction of sp³-hybridized carbons (Fsp3) is 0.923. The minimum atomic E-state index is -0.0772. The van der Waals surface area contributed by atoms with E-state index < -0.39 is 0 Å². The van der Waals surface area contributed by atoms with Gasteiger partial charge in [-0.1, -0.05) is 12.8 Å². The standard InChI is InChI=1S/C13H22N2S/c1-16-13(11-14)6-8-15(9-7-13)10-12-4-2-3-5-12/h12H,2-10H2,1H3. The Morgan fingerprint density at radius 3 is 2.44 bits per heavy atom. The molecule has 0 aromatic heterocycles. The quantitative estimate of drug-likeness (QED) is 0.756. The Kier molecular flexibility index (Phi) is 4.16. The number of piperidine rings is 1. The van der Waals surface area contributed by atoms with Crippen molar-refractivity contribution >= 4 is 11.8 Å². The molecule has 1 saturated carbocycles. The maximum atomic E-state index is 9.22. The SMILES string of the molecule is CSC1(C#N)CCN(CC2CCCC2)CC1. The molecule has 0 aromatic rings. The van der Waals surface area contributed by atoms with E-state index in [2.05, 4.69) is 17.2 Å². The van der Waals surface area contributed by atoms with Crippen molar-refractivity contribution in [3.8, 4) is 6.07 Å². The fourth-order valence-electron chi connectivity index (χ4n) is 3.02. The number of hydrogen-bond donors (Lipinski definition) is 0. The van der Waals surface area contributed by atoms with Crippen molar-refractivity contribution in [1.82, 2.24) is 4.90 Å². The molecule has 2 aliphatic rings. The summed E-state index contributed by atoms with van der Waals surface area (Å²) in [7, 11) is 0. The predicted molar refractivity (Wildman–Crippen MR) is 69.5 cm³/mol. The summed E-state index contributed by atoms with van der Waals surface area (Å²) in [6, 6.07) is 2.52. The molecule has 2 rings (SSSR count). The minimum absolute atomic E-state index is 0.0772. The first-order chi connectivity index (χ1) is 7.78. The van der Waals surface area contributed by atoms with E-state index in [0.29, 0.717) is 0 Å². The molecule has 2 nitrogen and oxygen atoms in total. The maximum Gasteiger partial charge on any atom is 0.104 e. The lowest BCUT2D eigenvalue weighted by molar-refractivity contribution is 0.187. The molecule has 16 heavy (non-hydrogen) atoms. The molecule has 3 heteroatoms. The number of nitrogens with zero attached hydrogens (tertiary/aromatic N) is 2. The summed E-state index contributed by atoms with van der Waals surface area (Å²) >= 11 is 1.75. The lowest BCUT2D eigenvalue weighted by Gasteiger charge is -2.37. The minimum Gasteiger partial charge on any atom is -0.303 e. The van der Waals surface area contributed by atoms with Gasteiger partial charge in [-0.2, -0.15) is 5.26 Å². The van der Waals surface area contributed by atoms with E-state index in [4.69, 9.17) is 0 Å². The molecular weight excluding hydrogens is 216 g/mol. The molecule has 0 atom stereocenters. The second kappa shape index (κ2) is 5.42. The Morgan fingerprint density at radius 1 is 1.31 bits per heavy atom. The van der Waals surface area contributed by atoms with Crippen LogP contribution >= 0.6 is 11.8 Å². The van der Waals surface area contributed by atoms with Crippen LogP contribution in [0.3, 0.4) is 0 Å². The van der Waals surface area contributed by atoms with Crippen molar-refractivity contribution in [3.05, 3.63) is 0 Å². The monoisotopic (exact) mass is 238 g/mol. The molecule has 2 fully saturated rings. The van der Waals surface area contributed by atoms with Gasteiger partial charge in [0.2, 0.25) is 0 Å². The van der Waals surface area contributed by atoms with Gasteiger partial charge in [0.05, 0.1) is 6.07 Å². The average molecular weight is 238 g/mol. The van der Waals surface area contributed by atoms with E-state index in [1.54, 1.807) is 11.8 Å². The van der Waals surface area contributed by atoms with Crippen LogP contribution in [0.5, 0.6) is 0 Å². The largest absolute Gasteiger partial charge is 0.303 e. The van der Waals surface area contributed by atoms with Gasteiger partial charge >= 0.3 is 0 Å². The Bertz CT molecular complexity index is 258. The molecular formula is C13H22N2S. The van der Waals surface area contributed by atoms with Crippen LogP contribution in [-0.4, -0.2) is 35.5 Å². The van der Waals surface area contributed by atoms with E-state index >= 15 is 0 Å². The van der Waals surface area contributed by atoms with Crippen molar-refractivity contribution in [2.45, 2.75) is 43.3 Å². The van der Waals surface area contributed by atoms with Gasteiger partial charge in [0.1, 0.15) is 4.75 Å². The zero-order valence-electron chi connectivity index (χ0n) is 10.2. The van der Waals surface area contributed by atoms with E-state index in [-0.39, 0.29) is 4.75 Å². The highest BCUT2D eigenvalue weighted by Gasteiger charge is 2.34. The zero-order valence-corrected chi connectivity index (χ0v) is 11.1. The lowest BCUT2D eigenvalue weighted by Crippen LogP contribution is -2.43. The summed E-state index contributed by atoms with van der Waals surface area (Å²) in [6.07, 6.45) is 9.92. The van der Waals surface area contributed by atoms with E-state index in [9.17, 15) is 5.26 Å². The van der Waals surface area contributed by atoms with Crippen molar-refractivity contribution in [3.63, 3.8) is 0 Å². The third-order valence-corrected chi connectivity index (χ3v) is 5.53. The topological polar surface area (TPSA) is 27.0 Å². The molecule has 1 heterocycles. The summed E-state index contributed by atoms with van der Waals surface area (Å²) in [4.78, 5) is 2.59. The molecule has 1 aliphatic heterocycles. The summed E-state index contributed by atoms with van der Waals surface area (Å²) in [5, 5.41) is 9.22. The van der Waals surface area contributed by atoms with Gasteiger partial charge < -0.3 is 4.90 Å². The van der Waals surface area contributed by atoms with Gasteiger partial charge in [-0.25, -0.2) is 0 Å². The Hall–Kier alpha value is -0.200. The van der Waals surface area contributed by atoms with Crippen LogP contribution < -0.4 is 0 Å². The molecule has 0 radical (unpaired) electrons. The second-order valence-corrected chi connectivity index (χ2v) is 6.45. The molecule has 0 unspecified atom stereocenters. The molecule has 0 bridgehead atoms. The van der Waals surface area contributed by atoms with Crippen LogP contribution in [0.2, 0.25) is 0 Å². The number of thioether (sulfide) groups is 1. The maximum absolute atomic E-state index is 9.22. The van der Waals surface area contributed by atoms with Crippen LogP contribution in [0.4, 0.5) is 0 Å². The van der Waals surface area contributed by atoms with E-state index in [1.165, 1.54) is 32.2 Å². The average Bonchev–Trinajstić information content (AvgIpc) is 2.83. The van der Waals surface area contributed by atoms with Crippen molar-refractivity contribution in [2.75, 3.05) is 25.9 Å². The van der Waals surface area contributed by atoms with Crippen molar-refractivity contribution < 1.29 is 0 Å². The van der Waals surface area contributed by atoms with Gasteiger partial charge in [0.15, 0.2) is 0 Å². The number of hydrogen-bond acceptors (Lipinski definition) is 3. The molecule has 90 valence electrons. The predicted octanol–water partition coefficient (Wildman–Crippen LogP) is 2.90. The lowest BCUT2D eigenvalue weighted by atomic mass is 9.96. The van der Waals surface area contributed by atoms with Crippen LogP contribution in [-0.2, 0) is 0 Å². The van der Waals surface area contributed by atoms with Gasteiger partial charge in [0.25, 0.3) is 0 Å². The molecule has 0 aromatic carbocycles. The first-order valence-corrected chi connectivity index (χ1v) is 7.69. The van der Waals surface area contributed by atoms with Crippen LogP contribution in [0, 0.1) is 17.2 Å². The highest BCUT2D eigenvalue weighted by Crippen LogP contribution is 2.35. The molecule has 1 saturated heterocycles. The van der Waals surface area contributed by atoms with Crippen molar-refractivity contribution in [1.29, 1.82) is 5.26 Å². The third-order valence-electron chi connectivity index (χ3n) is 4.25. The van der Waals surface area contributed by atoms with Crippen LogP contribution in [0.25, 0.3) is 0 Å². The van der Waals surface area contributed by atoms with Gasteiger partial charge in [-0.05, 0) is 37.9 Å². The van der Waals surface area contributed by atoms with Crippen LogP contribution in [0.15, 0.2) is 0 Å². The van der Waals surface area contributed by atoms with Gasteiger partial charge in [0, 0.05) is 19.6 Å². The summed E-state index contributed by atoms with van der Waals surface area (Å²) in [5.41, 5.74) is 0. The van der Waals surface area contributed by atoms with E-state index in [1.807, 2.05) is 0 Å². The van der Waals surface area contributed by atoms with Gasteiger partial charge in [-0.3, -0.25) is 0 Å². The first-order valence-electron chi connectivity index (χ1n) is 6.47. The molecule has 0 amide bonds. The number of nitriles is 1. The molecule has 0 spiro atoms. The van der Waals surface area contributed by atoms with E-state index in [0.717, 1.165) is 31.8 Å². The smallest absolute Gasteiger partial charge is 0.104 e. The van der Waals surface area contributed by atoms with Gasteiger partial charge in [-0.15, -0.1) is 11.8 Å². The second-order valence-electron chi connectivity index (χ2n) is 5.26. The Balaban J connectivity index is 1.78. The number of likely N-dealkylation sites (tertiary alicyclic amines) is 1. The Labute approximate surface area is 103 Å². The highest BCUT2D eigenvalue weighted by molar-refractivity contribution is 8.00. The summed E-state index contributed by atoms with van der Waals surface area (Å²) in [6.45, 7) is 3.55. The first kappa shape index (κ1) is 12.3. The highest BCUT2D eigenvalue weighted by atomic mass is 32.2. The summed E-state index contributed by atoms with van der Waals surface area (Å²) < 4.78 is -0.0772. The third kappa shape index (κ3) is 2.73. The normalized spacial score (nSPS) is 26.8. The molecule has 1 aliphatic carbocycles. The number of rotatable bonds is 3. The summed E-state index contributed by atoms with van der Waals surface area (Å²) in [5.74, 6) is 0.948. The molecule has 0 N–H and O–H groups in total.